The minimum Gasteiger partial charge on any atom is -0.479 e. The molecule has 27 heavy (non-hydrogen) atoms. The first-order chi connectivity index (χ1) is 12.9. The number of hydrogen-bond acceptors (Lipinski definition) is 6. The summed E-state index contributed by atoms with van der Waals surface area (Å²) in [6.45, 7) is 10.5. The number of aryl methyl sites for hydroxylation is 2. The molecule has 0 bridgehead atoms. The van der Waals surface area contributed by atoms with Crippen molar-refractivity contribution in [3.05, 3.63) is 42.0 Å². The molecular weight excluding hydrogens is 340 g/mol. The summed E-state index contributed by atoms with van der Waals surface area (Å²) in [7, 11) is 1.61. The second-order valence-electron chi connectivity index (χ2n) is 7.09. The number of nitrogens with one attached hydrogen (secondary N) is 1. The van der Waals surface area contributed by atoms with Crippen molar-refractivity contribution >= 4 is 5.82 Å². The molecule has 1 atom stereocenters. The van der Waals surface area contributed by atoms with Crippen LogP contribution in [0.15, 0.2) is 30.7 Å². The molecule has 0 fully saturated rings. The maximum atomic E-state index is 5.48. The molecule has 3 aromatic rings. The van der Waals surface area contributed by atoms with Crippen molar-refractivity contribution in [1.82, 2.24) is 24.7 Å². The molecule has 0 saturated carbocycles. The lowest BCUT2D eigenvalue weighted by Gasteiger charge is -2.19. The smallest absolute Gasteiger partial charge is 0.238 e. The van der Waals surface area contributed by atoms with Gasteiger partial charge >= 0.3 is 0 Å². The average Bonchev–Trinajstić information content (AvgIpc) is 3.08. The van der Waals surface area contributed by atoms with Crippen molar-refractivity contribution in [2.75, 3.05) is 12.4 Å². The molecule has 0 aliphatic carbocycles. The molecule has 0 amide bonds. The SMILES string of the molecule is COc1nc(-c2cc(C)c(NC(C)C(C)C)nn2)ccc1-n1cnc(C)c1. The molecular formula is C20H26N6O. The molecule has 0 aromatic carbocycles. The number of ether oxygens (including phenoxy) is 1. The average molecular weight is 366 g/mol. The van der Waals surface area contributed by atoms with Crippen LogP contribution in [0.4, 0.5) is 5.82 Å². The Morgan fingerprint density at radius 2 is 1.85 bits per heavy atom. The molecule has 1 N–H and O–H groups in total. The Hall–Kier alpha value is -2.96. The van der Waals surface area contributed by atoms with Gasteiger partial charge in [-0.15, -0.1) is 10.2 Å². The lowest BCUT2D eigenvalue weighted by Crippen LogP contribution is -2.23. The van der Waals surface area contributed by atoms with E-state index in [-0.39, 0.29) is 0 Å². The molecule has 0 aliphatic heterocycles. The standard InChI is InChI=1S/C20H26N6O/c1-12(2)15(5)22-19-13(3)9-17(24-25-19)16-7-8-18(20(23-16)27-6)26-10-14(4)21-11-26/h7-12,15H,1-6H3,(H,22,25). The molecule has 1 unspecified atom stereocenters. The fourth-order valence-corrected chi connectivity index (χ4v) is 2.61. The summed E-state index contributed by atoms with van der Waals surface area (Å²) in [6.07, 6.45) is 3.67. The molecule has 0 radical (unpaired) electrons. The first-order valence-electron chi connectivity index (χ1n) is 9.06. The Morgan fingerprint density at radius 3 is 2.44 bits per heavy atom. The predicted molar refractivity (Wildman–Crippen MR) is 106 cm³/mol. The number of imidazole rings is 1. The van der Waals surface area contributed by atoms with Crippen LogP contribution in [0.25, 0.3) is 17.1 Å². The molecule has 3 aromatic heterocycles. The summed E-state index contributed by atoms with van der Waals surface area (Å²) in [5, 5.41) is 12.1. The molecule has 7 nitrogen and oxygen atoms in total. The fraction of sp³-hybridized carbons (Fsp3) is 0.400. The number of rotatable bonds is 6. The fourth-order valence-electron chi connectivity index (χ4n) is 2.61. The highest BCUT2D eigenvalue weighted by atomic mass is 16.5. The highest BCUT2D eigenvalue weighted by molar-refractivity contribution is 5.61. The molecule has 3 heterocycles. The van der Waals surface area contributed by atoms with Gasteiger partial charge in [0.2, 0.25) is 5.88 Å². The third-order valence-corrected chi connectivity index (χ3v) is 4.63. The zero-order chi connectivity index (χ0) is 19.6. The van der Waals surface area contributed by atoms with Crippen LogP contribution < -0.4 is 10.1 Å². The van der Waals surface area contributed by atoms with E-state index in [1.54, 1.807) is 13.4 Å². The van der Waals surface area contributed by atoms with Gasteiger partial charge < -0.3 is 14.6 Å². The molecule has 0 aliphatic rings. The Labute approximate surface area is 159 Å². The number of methoxy groups -OCH3 is 1. The topological polar surface area (TPSA) is 77.8 Å². The number of aromatic nitrogens is 5. The molecule has 0 spiro atoms. The van der Waals surface area contributed by atoms with E-state index in [9.17, 15) is 0 Å². The Bertz CT molecular complexity index is 934. The lowest BCUT2D eigenvalue weighted by molar-refractivity contribution is 0.396. The van der Waals surface area contributed by atoms with Crippen LogP contribution in [0.1, 0.15) is 32.0 Å². The van der Waals surface area contributed by atoms with Crippen LogP contribution in [0.3, 0.4) is 0 Å². The zero-order valence-electron chi connectivity index (χ0n) is 16.7. The van der Waals surface area contributed by atoms with Gasteiger partial charge in [0.25, 0.3) is 0 Å². The van der Waals surface area contributed by atoms with Crippen LogP contribution in [-0.4, -0.2) is 37.9 Å². The maximum Gasteiger partial charge on any atom is 0.238 e. The van der Waals surface area contributed by atoms with Crippen molar-refractivity contribution in [1.29, 1.82) is 0 Å². The first kappa shape index (κ1) is 18.8. The van der Waals surface area contributed by atoms with Crippen molar-refractivity contribution in [2.24, 2.45) is 5.92 Å². The van der Waals surface area contributed by atoms with Gasteiger partial charge in [-0.3, -0.25) is 0 Å². The predicted octanol–water partition coefficient (Wildman–Crippen LogP) is 3.81. The maximum absolute atomic E-state index is 5.48. The summed E-state index contributed by atoms with van der Waals surface area (Å²) in [5.41, 5.74) is 4.22. The highest BCUT2D eigenvalue weighted by Crippen LogP contribution is 2.26. The number of anilines is 1. The van der Waals surface area contributed by atoms with Crippen LogP contribution in [0.5, 0.6) is 5.88 Å². The minimum absolute atomic E-state index is 0.319. The largest absolute Gasteiger partial charge is 0.479 e. The van der Waals surface area contributed by atoms with Gasteiger partial charge in [-0.2, -0.15) is 0 Å². The van der Waals surface area contributed by atoms with E-state index < -0.39 is 0 Å². The highest BCUT2D eigenvalue weighted by Gasteiger charge is 2.14. The van der Waals surface area contributed by atoms with E-state index in [0.29, 0.717) is 29.2 Å². The van der Waals surface area contributed by atoms with Gasteiger partial charge in [-0.1, -0.05) is 13.8 Å². The lowest BCUT2D eigenvalue weighted by atomic mass is 10.1. The monoisotopic (exact) mass is 366 g/mol. The van der Waals surface area contributed by atoms with Gasteiger partial charge in [-0.05, 0) is 50.5 Å². The van der Waals surface area contributed by atoms with Gasteiger partial charge in [0.1, 0.15) is 11.4 Å². The van der Waals surface area contributed by atoms with Gasteiger partial charge in [0, 0.05) is 12.2 Å². The van der Waals surface area contributed by atoms with Crippen molar-refractivity contribution in [3.8, 4) is 23.0 Å². The molecule has 7 heteroatoms. The van der Waals surface area contributed by atoms with Gasteiger partial charge in [0.15, 0.2) is 5.82 Å². The van der Waals surface area contributed by atoms with Gasteiger partial charge in [0.05, 0.1) is 24.8 Å². The Balaban J connectivity index is 1.91. The summed E-state index contributed by atoms with van der Waals surface area (Å²) < 4.78 is 7.37. The summed E-state index contributed by atoms with van der Waals surface area (Å²) in [6, 6.07) is 6.18. The Kier molecular flexibility index (Phi) is 5.39. The van der Waals surface area contributed by atoms with E-state index in [2.05, 4.69) is 46.3 Å². The number of hydrogen-bond donors (Lipinski definition) is 1. The van der Waals surface area contributed by atoms with Crippen molar-refractivity contribution in [3.63, 3.8) is 0 Å². The molecule has 3 rings (SSSR count). The van der Waals surface area contributed by atoms with Crippen LogP contribution in [0.2, 0.25) is 0 Å². The minimum atomic E-state index is 0.319. The third kappa shape index (κ3) is 4.07. The van der Waals surface area contributed by atoms with E-state index in [1.807, 2.05) is 42.8 Å². The van der Waals surface area contributed by atoms with E-state index in [4.69, 9.17) is 4.74 Å². The van der Waals surface area contributed by atoms with E-state index >= 15 is 0 Å². The van der Waals surface area contributed by atoms with Crippen molar-refractivity contribution in [2.45, 2.75) is 40.7 Å². The van der Waals surface area contributed by atoms with Crippen LogP contribution >= 0.6 is 0 Å². The normalized spacial score (nSPS) is 12.3. The summed E-state index contributed by atoms with van der Waals surface area (Å²) >= 11 is 0. The summed E-state index contributed by atoms with van der Waals surface area (Å²) in [4.78, 5) is 8.87. The van der Waals surface area contributed by atoms with E-state index in [0.717, 1.165) is 22.8 Å². The quantitative estimate of drug-likeness (QED) is 0.715. The number of nitrogens with zero attached hydrogens (tertiary/aromatic N) is 5. The number of pyridine rings is 1. The third-order valence-electron chi connectivity index (χ3n) is 4.63. The first-order valence-corrected chi connectivity index (χ1v) is 9.06. The molecule has 142 valence electrons. The van der Waals surface area contributed by atoms with Crippen molar-refractivity contribution < 1.29 is 4.74 Å². The molecule has 0 saturated heterocycles. The van der Waals surface area contributed by atoms with Crippen LogP contribution in [-0.2, 0) is 0 Å². The second kappa shape index (κ2) is 7.73. The second-order valence-corrected chi connectivity index (χ2v) is 7.09. The Morgan fingerprint density at radius 1 is 1.07 bits per heavy atom. The summed E-state index contributed by atoms with van der Waals surface area (Å²) in [5.74, 6) is 1.83. The van der Waals surface area contributed by atoms with Crippen LogP contribution in [0, 0.1) is 19.8 Å². The van der Waals surface area contributed by atoms with E-state index in [1.165, 1.54) is 0 Å². The van der Waals surface area contributed by atoms with Gasteiger partial charge in [-0.25, -0.2) is 9.97 Å². The zero-order valence-corrected chi connectivity index (χ0v) is 16.7.